The molecule has 3 rings (SSSR count). The Bertz CT molecular complexity index is 845. The molecule has 0 unspecified atom stereocenters. The SMILES string of the molecule is O=C(OCc1cccc(F)c1)c1ccc(S(=O)(=O)NC2CC2)cc1. The number of sulfonamides is 1. The van der Waals surface area contributed by atoms with E-state index < -0.39 is 21.8 Å². The van der Waals surface area contributed by atoms with Crippen LogP contribution in [-0.4, -0.2) is 20.4 Å². The number of carbonyl (C=O) groups excluding carboxylic acids is 1. The van der Waals surface area contributed by atoms with Crippen LogP contribution < -0.4 is 4.72 Å². The van der Waals surface area contributed by atoms with Crippen molar-refractivity contribution in [2.75, 3.05) is 0 Å². The molecule has 2 aromatic rings. The van der Waals surface area contributed by atoms with Crippen LogP contribution in [0, 0.1) is 5.82 Å². The predicted octanol–water partition coefficient (Wildman–Crippen LogP) is 2.62. The molecule has 5 nitrogen and oxygen atoms in total. The second-order valence-corrected chi connectivity index (χ2v) is 7.34. The number of hydrogen-bond acceptors (Lipinski definition) is 4. The van der Waals surface area contributed by atoms with E-state index in [1.54, 1.807) is 6.07 Å². The highest BCUT2D eigenvalue weighted by Gasteiger charge is 2.28. The molecular weight excluding hydrogens is 333 g/mol. The van der Waals surface area contributed by atoms with Crippen molar-refractivity contribution in [1.82, 2.24) is 4.72 Å². The van der Waals surface area contributed by atoms with Crippen molar-refractivity contribution in [2.24, 2.45) is 0 Å². The highest BCUT2D eigenvalue weighted by atomic mass is 32.2. The zero-order chi connectivity index (χ0) is 17.2. The van der Waals surface area contributed by atoms with Crippen molar-refractivity contribution < 1.29 is 22.3 Å². The Morgan fingerprint density at radius 3 is 2.50 bits per heavy atom. The Hall–Kier alpha value is -2.25. The summed E-state index contributed by atoms with van der Waals surface area (Å²) in [6, 6.07) is 11.3. The maximum atomic E-state index is 13.1. The molecule has 1 saturated carbocycles. The molecule has 1 fully saturated rings. The summed E-state index contributed by atoms with van der Waals surface area (Å²) in [5, 5.41) is 0. The summed E-state index contributed by atoms with van der Waals surface area (Å²) in [5.74, 6) is -1.00. The predicted molar refractivity (Wildman–Crippen MR) is 85.3 cm³/mol. The van der Waals surface area contributed by atoms with Gasteiger partial charge >= 0.3 is 5.97 Å². The third-order valence-electron chi connectivity index (χ3n) is 3.56. The maximum absolute atomic E-state index is 13.1. The number of hydrogen-bond donors (Lipinski definition) is 1. The number of ether oxygens (including phenoxy) is 1. The molecule has 1 aliphatic carbocycles. The highest BCUT2D eigenvalue weighted by Crippen LogP contribution is 2.22. The van der Waals surface area contributed by atoms with Gasteiger partial charge in [-0.05, 0) is 54.8 Å². The van der Waals surface area contributed by atoms with Crippen LogP contribution in [0.2, 0.25) is 0 Å². The van der Waals surface area contributed by atoms with Crippen molar-refractivity contribution in [1.29, 1.82) is 0 Å². The third kappa shape index (κ3) is 4.18. The van der Waals surface area contributed by atoms with E-state index >= 15 is 0 Å². The van der Waals surface area contributed by atoms with Gasteiger partial charge in [0.1, 0.15) is 12.4 Å². The minimum atomic E-state index is -3.54. The molecule has 0 aromatic heterocycles. The number of nitrogens with one attached hydrogen (secondary N) is 1. The molecule has 0 atom stereocenters. The van der Waals surface area contributed by atoms with Gasteiger partial charge < -0.3 is 4.74 Å². The van der Waals surface area contributed by atoms with E-state index in [4.69, 9.17) is 4.74 Å². The fourth-order valence-electron chi connectivity index (χ4n) is 2.12. The van der Waals surface area contributed by atoms with Crippen LogP contribution in [0.1, 0.15) is 28.8 Å². The molecule has 1 aliphatic rings. The monoisotopic (exact) mass is 349 g/mol. The first-order valence-corrected chi connectivity index (χ1v) is 8.96. The van der Waals surface area contributed by atoms with E-state index in [1.165, 1.54) is 42.5 Å². The molecular formula is C17H16FNO4S. The van der Waals surface area contributed by atoms with Crippen LogP contribution in [0.4, 0.5) is 4.39 Å². The van der Waals surface area contributed by atoms with Gasteiger partial charge in [-0.2, -0.15) is 0 Å². The molecule has 126 valence electrons. The van der Waals surface area contributed by atoms with Gasteiger partial charge in [-0.1, -0.05) is 12.1 Å². The summed E-state index contributed by atoms with van der Waals surface area (Å²) in [6.45, 7) is -0.0557. The Balaban J connectivity index is 1.63. The van der Waals surface area contributed by atoms with Crippen LogP contribution >= 0.6 is 0 Å². The number of rotatable bonds is 6. The molecule has 0 radical (unpaired) electrons. The first kappa shape index (κ1) is 16.6. The van der Waals surface area contributed by atoms with Gasteiger partial charge in [0.15, 0.2) is 0 Å². The number of benzene rings is 2. The first-order chi connectivity index (χ1) is 11.4. The van der Waals surface area contributed by atoms with Gasteiger partial charge in [-0.3, -0.25) is 0 Å². The lowest BCUT2D eigenvalue weighted by Gasteiger charge is -2.07. The van der Waals surface area contributed by atoms with Gasteiger partial charge in [-0.15, -0.1) is 0 Å². The Kier molecular flexibility index (Phi) is 4.64. The first-order valence-electron chi connectivity index (χ1n) is 7.48. The van der Waals surface area contributed by atoms with Crippen molar-refractivity contribution in [2.45, 2.75) is 30.4 Å². The van der Waals surface area contributed by atoms with Crippen molar-refractivity contribution in [3.05, 3.63) is 65.5 Å². The quantitative estimate of drug-likeness (QED) is 0.814. The van der Waals surface area contributed by atoms with Gasteiger partial charge in [-0.25, -0.2) is 22.3 Å². The molecule has 7 heteroatoms. The van der Waals surface area contributed by atoms with Gasteiger partial charge in [0.05, 0.1) is 10.5 Å². The third-order valence-corrected chi connectivity index (χ3v) is 5.09. The molecule has 0 heterocycles. The lowest BCUT2D eigenvalue weighted by molar-refractivity contribution is 0.0472. The van der Waals surface area contributed by atoms with E-state index in [-0.39, 0.29) is 23.1 Å². The molecule has 0 saturated heterocycles. The van der Waals surface area contributed by atoms with Crippen LogP contribution in [0.5, 0.6) is 0 Å². The average molecular weight is 349 g/mol. The summed E-state index contributed by atoms with van der Waals surface area (Å²) >= 11 is 0. The van der Waals surface area contributed by atoms with Gasteiger partial charge in [0, 0.05) is 6.04 Å². The minimum Gasteiger partial charge on any atom is -0.457 e. The lowest BCUT2D eigenvalue weighted by Crippen LogP contribution is -2.25. The van der Waals surface area contributed by atoms with E-state index in [0.29, 0.717) is 5.56 Å². The van der Waals surface area contributed by atoms with Crippen molar-refractivity contribution in [3.63, 3.8) is 0 Å². The van der Waals surface area contributed by atoms with E-state index in [1.807, 2.05) is 0 Å². The molecule has 0 spiro atoms. The standard InChI is InChI=1S/C17H16FNO4S/c18-14-3-1-2-12(10-14)11-23-17(20)13-4-8-16(9-5-13)24(21,22)19-15-6-7-15/h1-5,8-10,15,19H,6-7,11H2. The average Bonchev–Trinajstić information content (AvgIpc) is 3.36. The summed E-state index contributed by atoms with van der Waals surface area (Å²) in [6.07, 6.45) is 1.70. The lowest BCUT2D eigenvalue weighted by atomic mass is 10.2. The fraction of sp³-hybridized carbons (Fsp3) is 0.235. The van der Waals surface area contributed by atoms with Crippen LogP contribution in [0.3, 0.4) is 0 Å². The van der Waals surface area contributed by atoms with E-state index in [0.717, 1.165) is 12.8 Å². The van der Waals surface area contributed by atoms with Crippen molar-refractivity contribution >= 4 is 16.0 Å². The molecule has 0 aliphatic heterocycles. The number of carbonyl (C=O) groups is 1. The minimum absolute atomic E-state index is 0.0194. The summed E-state index contributed by atoms with van der Waals surface area (Å²) < 4.78 is 44.8. The topological polar surface area (TPSA) is 72.5 Å². The van der Waals surface area contributed by atoms with E-state index in [2.05, 4.69) is 4.72 Å². The van der Waals surface area contributed by atoms with Crippen LogP contribution in [0.15, 0.2) is 53.4 Å². The van der Waals surface area contributed by atoms with E-state index in [9.17, 15) is 17.6 Å². The Morgan fingerprint density at radius 1 is 1.17 bits per heavy atom. The van der Waals surface area contributed by atoms with Gasteiger partial charge in [0.25, 0.3) is 0 Å². The fourth-order valence-corrected chi connectivity index (χ4v) is 3.42. The summed E-state index contributed by atoms with van der Waals surface area (Å²) in [4.78, 5) is 12.1. The molecule has 1 N–H and O–H groups in total. The smallest absolute Gasteiger partial charge is 0.338 e. The van der Waals surface area contributed by atoms with Crippen LogP contribution in [-0.2, 0) is 21.4 Å². The van der Waals surface area contributed by atoms with Crippen LogP contribution in [0.25, 0.3) is 0 Å². The Morgan fingerprint density at radius 2 is 1.88 bits per heavy atom. The molecule has 24 heavy (non-hydrogen) atoms. The Labute approximate surface area is 139 Å². The second-order valence-electron chi connectivity index (χ2n) is 5.63. The number of esters is 1. The summed E-state index contributed by atoms with van der Waals surface area (Å²) in [7, 11) is -3.54. The summed E-state index contributed by atoms with van der Waals surface area (Å²) in [5.41, 5.74) is 0.771. The maximum Gasteiger partial charge on any atom is 0.338 e. The molecule has 2 aromatic carbocycles. The molecule has 0 amide bonds. The number of halogens is 1. The molecule has 0 bridgehead atoms. The van der Waals surface area contributed by atoms with Crippen molar-refractivity contribution in [3.8, 4) is 0 Å². The van der Waals surface area contributed by atoms with Gasteiger partial charge in [0.2, 0.25) is 10.0 Å². The zero-order valence-electron chi connectivity index (χ0n) is 12.7. The zero-order valence-corrected chi connectivity index (χ0v) is 13.6. The second kappa shape index (κ2) is 6.70. The highest BCUT2D eigenvalue weighted by molar-refractivity contribution is 7.89. The largest absolute Gasteiger partial charge is 0.457 e. The normalized spacial score (nSPS) is 14.4.